The van der Waals surface area contributed by atoms with E-state index in [1.165, 1.54) is 31.7 Å². The first-order valence-corrected chi connectivity index (χ1v) is 6.88. The molecule has 1 aliphatic rings. The first kappa shape index (κ1) is 11.6. The average Bonchev–Trinajstić information content (AvgIpc) is 2.76. The fourth-order valence-electron chi connectivity index (χ4n) is 2.10. The van der Waals surface area contributed by atoms with Crippen LogP contribution in [0.1, 0.15) is 25.7 Å². The predicted molar refractivity (Wildman–Crippen MR) is 69.8 cm³/mol. The number of nitrogens with zero attached hydrogens (tertiary/aromatic N) is 1. The Morgan fingerprint density at radius 2 is 2.12 bits per heavy atom. The van der Waals surface area contributed by atoms with Gasteiger partial charge in [-0.15, -0.1) is 0 Å². The van der Waals surface area contributed by atoms with Crippen LogP contribution in [-0.4, -0.2) is 15.6 Å². The van der Waals surface area contributed by atoms with E-state index >= 15 is 0 Å². The number of rotatable bonds is 4. The van der Waals surface area contributed by atoms with Crippen molar-refractivity contribution in [3.8, 4) is 0 Å². The van der Waals surface area contributed by atoms with Crippen LogP contribution in [0.2, 0.25) is 0 Å². The molecule has 0 bridgehead atoms. The summed E-state index contributed by atoms with van der Waals surface area (Å²) in [5, 5.41) is 0.816. The van der Waals surface area contributed by atoms with Gasteiger partial charge in [-0.1, -0.05) is 12.8 Å². The fourth-order valence-corrected chi connectivity index (χ4v) is 3.40. The molecule has 4 heteroatoms. The summed E-state index contributed by atoms with van der Waals surface area (Å²) >= 11 is 1.99. The highest BCUT2D eigenvalue weighted by Crippen LogP contribution is 2.29. The zero-order chi connectivity index (χ0) is 11.4. The van der Waals surface area contributed by atoms with Crippen molar-refractivity contribution in [2.24, 2.45) is 0 Å². The number of thioether (sulfide) groups is 1. The molecule has 1 aliphatic carbocycles. The highest BCUT2D eigenvalue weighted by atomic mass is 32.2. The molecule has 2 N–H and O–H groups in total. The molecule has 0 aromatic carbocycles. The van der Waals surface area contributed by atoms with Crippen molar-refractivity contribution in [2.45, 2.75) is 37.5 Å². The third-order valence-corrected chi connectivity index (χ3v) is 4.36. The molecule has 0 amide bonds. The lowest BCUT2D eigenvalue weighted by Crippen LogP contribution is -2.20. The van der Waals surface area contributed by atoms with Crippen molar-refractivity contribution in [1.82, 2.24) is 4.57 Å². The number of aryl methyl sites for hydroxylation is 1. The van der Waals surface area contributed by atoms with Gasteiger partial charge in [-0.3, -0.25) is 4.79 Å². The summed E-state index contributed by atoms with van der Waals surface area (Å²) < 4.78 is 1.71. The van der Waals surface area contributed by atoms with Gasteiger partial charge in [0.25, 0.3) is 5.56 Å². The average molecular weight is 238 g/mol. The molecule has 3 nitrogen and oxygen atoms in total. The summed E-state index contributed by atoms with van der Waals surface area (Å²) in [4.78, 5) is 11.5. The quantitative estimate of drug-likeness (QED) is 0.874. The van der Waals surface area contributed by atoms with Gasteiger partial charge in [-0.05, 0) is 18.9 Å². The van der Waals surface area contributed by atoms with Crippen LogP contribution in [0.25, 0.3) is 0 Å². The van der Waals surface area contributed by atoms with E-state index in [4.69, 9.17) is 5.73 Å². The SMILES string of the molecule is Nc1ccc(=O)n(CCSC2CCCC2)c1. The summed E-state index contributed by atoms with van der Waals surface area (Å²) in [6.45, 7) is 0.769. The van der Waals surface area contributed by atoms with E-state index in [0.29, 0.717) is 5.69 Å². The third kappa shape index (κ3) is 3.04. The summed E-state index contributed by atoms with van der Waals surface area (Å²) in [6, 6.07) is 3.19. The largest absolute Gasteiger partial charge is 0.398 e. The lowest BCUT2D eigenvalue weighted by Gasteiger charge is -2.10. The van der Waals surface area contributed by atoms with E-state index in [9.17, 15) is 4.79 Å². The van der Waals surface area contributed by atoms with Crippen LogP contribution in [0.3, 0.4) is 0 Å². The number of nitrogens with two attached hydrogens (primary N) is 1. The lowest BCUT2D eigenvalue weighted by atomic mass is 10.4. The molecular weight excluding hydrogens is 220 g/mol. The van der Waals surface area contributed by atoms with Crippen molar-refractivity contribution in [3.05, 3.63) is 28.7 Å². The Morgan fingerprint density at radius 1 is 1.38 bits per heavy atom. The Kier molecular flexibility index (Phi) is 3.93. The van der Waals surface area contributed by atoms with Crippen molar-refractivity contribution >= 4 is 17.4 Å². The van der Waals surface area contributed by atoms with Crippen LogP contribution in [0.4, 0.5) is 5.69 Å². The van der Waals surface area contributed by atoms with Gasteiger partial charge < -0.3 is 10.3 Å². The minimum absolute atomic E-state index is 0.0428. The van der Waals surface area contributed by atoms with E-state index in [2.05, 4.69) is 0 Å². The second-order valence-electron chi connectivity index (χ2n) is 4.27. The standard InChI is InChI=1S/C12H18N2OS/c13-10-5-6-12(15)14(9-10)7-8-16-11-3-1-2-4-11/h5-6,9,11H,1-4,7-8,13H2. The summed E-state index contributed by atoms with van der Waals surface area (Å²) in [5.41, 5.74) is 6.36. The van der Waals surface area contributed by atoms with Crippen LogP contribution in [0, 0.1) is 0 Å². The fraction of sp³-hybridized carbons (Fsp3) is 0.583. The molecule has 2 rings (SSSR count). The summed E-state index contributed by atoms with van der Waals surface area (Å²) in [5.74, 6) is 1.01. The van der Waals surface area contributed by atoms with Gasteiger partial charge in [-0.25, -0.2) is 0 Å². The highest BCUT2D eigenvalue weighted by Gasteiger charge is 2.14. The molecule has 88 valence electrons. The van der Waals surface area contributed by atoms with Crippen molar-refractivity contribution in [3.63, 3.8) is 0 Å². The minimum atomic E-state index is 0.0428. The maximum Gasteiger partial charge on any atom is 0.250 e. The van der Waals surface area contributed by atoms with E-state index in [1.807, 2.05) is 11.8 Å². The Hall–Kier alpha value is -0.900. The predicted octanol–water partition coefficient (Wildman–Crippen LogP) is 2.11. The molecule has 1 aromatic heterocycles. The van der Waals surface area contributed by atoms with E-state index in [0.717, 1.165) is 17.5 Å². The summed E-state index contributed by atoms with van der Waals surface area (Å²) in [6.07, 6.45) is 7.16. The van der Waals surface area contributed by atoms with Crippen LogP contribution in [-0.2, 0) is 6.54 Å². The van der Waals surface area contributed by atoms with Gasteiger partial charge in [0.15, 0.2) is 0 Å². The van der Waals surface area contributed by atoms with Crippen LogP contribution >= 0.6 is 11.8 Å². The molecule has 1 fully saturated rings. The molecule has 1 saturated carbocycles. The molecule has 1 aromatic rings. The van der Waals surface area contributed by atoms with Gasteiger partial charge in [-0.2, -0.15) is 11.8 Å². The zero-order valence-corrected chi connectivity index (χ0v) is 10.2. The second-order valence-corrected chi connectivity index (χ2v) is 5.68. The zero-order valence-electron chi connectivity index (χ0n) is 9.39. The number of nitrogen functional groups attached to an aromatic ring is 1. The first-order chi connectivity index (χ1) is 7.75. The Bertz CT molecular complexity index is 396. The number of hydrogen-bond acceptors (Lipinski definition) is 3. The van der Waals surface area contributed by atoms with Crippen LogP contribution in [0.15, 0.2) is 23.1 Å². The Morgan fingerprint density at radius 3 is 2.88 bits per heavy atom. The van der Waals surface area contributed by atoms with Crippen molar-refractivity contribution in [1.29, 1.82) is 0 Å². The van der Waals surface area contributed by atoms with Crippen LogP contribution in [0.5, 0.6) is 0 Å². The summed E-state index contributed by atoms with van der Waals surface area (Å²) in [7, 11) is 0. The molecule has 1 heterocycles. The van der Waals surface area contributed by atoms with Gasteiger partial charge >= 0.3 is 0 Å². The normalized spacial score (nSPS) is 16.8. The van der Waals surface area contributed by atoms with Gasteiger partial charge in [0.05, 0.1) is 0 Å². The Labute approximate surface area is 100 Å². The smallest absolute Gasteiger partial charge is 0.250 e. The van der Waals surface area contributed by atoms with Gasteiger partial charge in [0.2, 0.25) is 0 Å². The molecule has 0 saturated heterocycles. The van der Waals surface area contributed by atoms with E-state index < -0.39 is 0 Å². The van der Waals surface area contributed by atoms with E-state index in [1.54, 1.807) is 16.8 Å². The third-order valence-electron chi connectivity index (χ3n) is 2.99. The molecule has 0 spiro atoms. The van der Waals surface area contributed by atoms with E-state index in [-0.39, 0.29) is 5.56 Å². The molecule has 0 unspecified atom stereocenters. The van der Waals surface area contributed by atoms with Crippen LogP contribution < -0.4 is 11.3 Å². The topological polar surface area (TPSA) is 48.0 Å². The van der Waals surface area contributed by atoms with Gasteiger partial charge in [0, 0.05) is 35.5 Å². The van der Waals surface area contributed by atoms with Crippen molar-refractivity contribution in [2.75, 3.05) is 11.5 Å². The first-order valence-electron chi connectivity index (χ1n) is 5.83. The molecule has 0 radical (unpaired) electrons. The number of pyridine rings is 1. The lowest BCUT2D eigenvalue weighted by molar-refractivity contribution is 0.734. The maximum atomic E-state index is 11.5. The number of aromatic nitrogens is 1. The number of hydrogen-bond donors (Lipinski definition) is 1. The van der Waals surface area contributed by atoms with Gasteiger partial charge in [0.1, 0.15) is 0 Å². The molecule has 0 aliphatic heterocycles. The maximum absolute atomic E-state index is 11.5. The second kappa shape index (κ2) is 5.43. The molecular formula is C12H18N2OS. The monoisotopic (exact) mass is 238 g/mol. The highest BCUT2D eigenvalue weighted by molar-refractivity contribution is 7.99. The van der Waals surface area contributed by atoms with Crippen molar-refractivity contribution < 1.29 is 0 Å². The Balaban J connectivity index is 1.84. The number of anilines is 1. The minimum Gasteiger partial charge on any atom is -0.398 e. The molecule has 16 heavy (non-hydrogen) atoms. The molecule has 0 atom stereocenters.